The quantitative estimate of drug-likeness (QED) is 0.165. The van der Waals surface area contributed by atoms with E-state index in [2.05, 4.69) is 207 Å². The van der Waals surface area contributed by atoms with Crippen LogP contribution < -0.4 is 16.0 Å². The van der Waals surface area contributed by atoms with Gasteiger partial charge in [-0.1, -0.05) is 140 Å². The second kappa shape index (κ2) is 12.8. The van der Waals surface area contributed by atoms with Gasteiger partial charge in [0.1, 0.15) is 5.58 Å². The molecule has 3 aromatic heterocycles. The number of fused-ring (bicyclic) bond motifs is 11. The minimum absolute atomic E-state index is 0.0667. The number of hydrogen-bond donors (Lipinski definition) is 3. The first kappa shape index (κ1) is 32.3. The Morgan fingerprint density at radius 3 is 1.65 bits per heavy atom. The Bertz CT molecular complexity index is 3240. The summed E-state index contributed by atoms with van der Waals surface area (Å²) < 4.78 is 11.7. The normalized spacial score (nSPS) is 17.4. The number of hydrogen-bond acceptors (Lipinski definition) is 4. The molecule has 0 saturated carbocycles. The van der Waals surface area contributed by atoms with Gasteiger partial charge in [0, 0.05) is 43.7 Å². The van der Waals surface area contributed by atoms with Gasteiger partial charge >= 0.3 is 0 Å². The fourth-order valence-electron chi connectivity index (χ4n) is 9.29. The van der Waals surface area contributed by atoms with E-state index in [-0.39, 0.29) is 18.5 Å². The minimum Gasteiger partial charge on any atom is -0.454 e. The average Bonchev–Trinajstić information content (AvgIpc) is 3.95. The molecule has 6 nitrogen and oxygen atoms in total. The maximum Gasteiger partial charge on any atom is 0.160 e. The van der Waals surface area contributed by atoms with Crippen molar-refractivity contribution in [1.82, 2.24) is 25.1 Å². The molecule has 6 heteroatoms. The van der Waals surface area contributed by atoms with E-state index in [4.69, 9.17) is 4.42 Å². The summed E-state index contributed by atoms with van der Waals surface area (Å²) in [6.07, 6.45) is -0.279. The number of rotatable bonds is 5. The molecule has 2 atom stereocenters. The molecule has 11 aromatic rings. The summed E-state index contributed by atoms with van der Waals surface area (Å²) in [7, 11) is 0. The lowest BCUT2D eigenvalue weighted by atomic mass is 10.0. The van der Waals surface area contributed by atoms with Gasteiger partial charge in [0.2, 0.25) is 0 Å². The van der Waals surface area contributed by atoms with Crippen LogP contribution in [-0.2, 0) is 0 Å². The van der Waals surface area contributed by atoms with Crippen molar-refractivity contribution in [3.63, 3.8) is 0 Å². The third-order valence-electron chi connectivity index (χ3n) is 11.8. The van der Waals surface area contributed by atoms with Crippen LogP contribution in [-0.4, -0.2) is 9.13 Å². The molecule has 0 spiro atoms. The van der Waals surface area contributed by atoms with Crippen LogP contribution in [0.5, 0.6) is 0 Å². The zero-order chi connectivity index (χ0) is 37.5. The number of nitrogens with one attached hydrogen (secondary N) is 3. The SMILES string of the molecule is c1ccc(C2NC(c3ccccc3)NC(c3cccc(-n4c5ccc6c7ccccc7n(-c7ccccc7)c6c5c5ccc6c7ccccc7oc6c54)c3)N2)cc1. The van der Waals surface area contributed by atoms with Crippen molar-refractivity contribution in [2.24, 2.45) is 0 Å². The van der Waals surface area contributed by atoms with E-state index in [1.807, 2.05) is 6.07 Å². The van der Waals surface area contributed by atoms with E-state index in [1.54, 1.807) is 0 Å². The van der Waals surface area contributed by atoms with Gasteiger partial charge in [-0.05, 0) is 65.2 Å². The lowest BCUT2D eigenvalue weighted by Gasteiger charge is -2.39. The molecule has 0 radical (unpaired) electrons. The molecule has 0 amide bonds. The number of para-hydroxylation sites is 3. The Morgan fingerprint density at radius 1 is 0.368 bits per heavy atom. The van der Waals surface area contributed by atoms with Crippen LogP contribution in [0.25, 0.3) is 76.9 Å². The van der Waals surface area contributed by atoms with Crippen molar-refractivity contribution in [2.45, 2.75) is 18.5 Å². The third-order valence-corrected chi connectivity index (χ3v) is 11.8. The zero-order valence-corrected chi connectivity index (χ0v) is 30.9. The molecule has 272 valence electrons. The van der Waals surface area contributed by atoms with E-state index in [0.717, 1.165) is 55.3 Å². The largest absolute Gasteiger partial charge is 0.454 e. The van der Waals surface area contributed by atoms with Gasteiger partial charge in [0.15, 0.2) is 5.58 Å². The monoisotopic (exact) mass is 735 g/mol. The highest BCUT2D eigenvalue weighted by Crippen LogP contribution is 2.45. The van der Waals surface area contributed by atoms with Crippen molar-refractivity contribution in [3.8, 4) is 11.4 Å². The standard InChI is InChI=1S/C51H37N5O/c1-4-15-32(16-5-1)49-52-50(33-17-6-2-7-18-33)54-51(53-49)34-19-14-22-36(31-34)56-43-30-29-39-37-23-10-12-25-42(37)55(35-20-8-3-9-21-35)46(39)45(43)41-28-27-40-38-24-11-13-26-44(38)57-48(40)47(41)56/h1-31,49-54H. The molecule has 2 unspecified atom stereocenters. The van der Waals surface area contributed by atoms with Gasteiger partial charge < -0.3 is 13.6 Å². The summed E-state index contributed by atoms with van der Waals surface area (Å²) in [6.45, 7) is 0. The highest BCUT2D eigenvalue weighted by Gasteiger charge is 2.30. The molecule has 4 heterocycles. The van der Waals surface area contributed by atoms with Crippen LogP contribution in [0.4, 0.5) is 0 Å². The molecule has 1 aliphatic heterocycles. The number of benzene rings is 8. The maximum absolute atomic E-state index is 6.86. The molecular formula is C51H37N5O. The van der Waals surface area contributed by atoms with Gasteiger partial charge in [0.05, 0.1) is 40.6 Å². The Hall–Kier alpha value is -6.96. The number of aromatic nitrogens is 2. The lowest BCUT2D eigenvalue weighted by Crippen LogP contribution is -2.54. The van der Waals surface area contributed by atoms with Gasteiger partial charge in [-0.3, -0.25) is 16.0 Å². The molecule has 1 aliphatic rings. The predicted octanol–water partition coefficient (Wildman–Crippen LogP) is 12.0. The molecule has 0 aliphatic carbocycles. The van der Waals surface area contributed by atoms with Gasteiger partial charge in [-0.25, -0.2) is 0 Å². The molecule has 0 bridgehead atoms. The summed E-state index contributed by atoms with van der Waals surface area (Å²) in [5, 5.41) is 18.6. The molecule has 1 fully saturated rings. The Labute approximate surface area is 328 Å². The zero-order valence-electron chi connectivity index (χ0n) is 30.9. The van der Waals surface area contributed by atoms with E-state index in [1.165, 1.54) is 38.3 Å². The van der Waals surface area contributed by atoms with Gasteiger partial charge in [0.25, 0.3) is 0 Å². The first-order valence-electron chi connectivity index (χ1n) is 19.6. The second-order valence-corrected chi connectivity index (χ2v) is 15.0. The molecule has 8 aromatic carbocycles. The van der Waals surface area contributed by atoms with Gasteiger partial charge in [-0.2, -0.15) is 0 Å². The molecule has 3 N–H and O–H groups in total. The summed E-state index contributed by atoms with van der Waals surface area (Å²) in [5.41, 5.74) is 12.0. The molecule has 1 saturated heterocycles. The molecule has 57 heavy (non-hydrogen) atoms. The highest BCUT2D eigenvalue weighted by atomic mass is 16.3. The third kappa shape index (κ3) is 5.02. The van der Waals surface area contributed by atoms with Crippen molar-refractivity contribution in [1.29, 1.82) is 0 Å². The van der Waals surface area contributed by atoms with Crippen LogP contribution in [0.15, 0.2) is 192 Å². The first-order chi connectivity index (χ1) is 28.3. The average molecular weight is 736 g/mol. The summed E-state index contributed by atoms with van der Waals surface area (Å²) >= 11 is 0. The van der Waals surface area contributed by atoms with Gasteiger partial charge in [-0.15, -0.1) is 0 Å². The van der Waals surface area contributed by atoms with Crippen LogP contribution >= 0.6 is 0 Å². The van der Waals surface area contributed by atoms with Crippen LogP contribution in [0.1, 0.15) is 35.2 Å². The fourth-order valence-corrected chi connectivity index (χ4v) is 9.29. The predicted molar refractivity (Wildman–Crippen MR) is 233 cm³/mol. The Morgan fingerprint density at radius 2 is 0.912 bits per heavy atom. The minimum atomic E-state index is -0.145. The van der Waals surface area contributed by atoms with Crippen molar-refractivity contribution in [2.75, 3.05) is 0 Å². The molecule has 12 rings (SSSR count). The summed E-state index contributed by atoms with van der Waals surface area (Å²) in [4.78, 5) is 0. The van der Waals surface area contributed by atoms with E-state index in [9.17, 15) is 0 Å². The van der Waals surface area contributed by atoms with Crippen molar-refractivity contribution in [3.05, 3.63) is 205 Å². The fraction of sp³-hybridized carbons (Fsp3) is 0.0588. The van der Waals surface area contributed by atoms with Crippen molar-refractivity contribution >= 4 is 65.6 Å². The van der Waals surface area contributed by atoms with E-state index in [0.29, 0.717) is 0 Å². The van der Waals surface area contributed by atoms with Crippen LogP contribution in [0.3, 0.4) is 0 Å². The Kier molecular flexibility index (Phi) is 7.25. The lowest BCUT2D eigenvalue weighted by molar-refractivity contribution is 0.203. The molecular weight excluding hydrogens is 699 g/mol. The smallest absolute Gasteiger partial charge is 0.160 e. The maximum atomic E-state index is 6.86. The van der Waals surface area contributed by atoms with E-state index >= 15 is 0 Å². The summed E-state index contributed by atoms with van der Waals surface area (Å²) in [5.74, 6) is 0. The van der Waals surface area contributed by atoms with Crippen molar-refractivity contribution < 1.29 is 4.42 Å². The highest BCUT2D eigenvalue weighted by molar-refractivity contribution is 6.29. The second-order valence-electron chi connectivity index (χ2n) is 15.0. The summed E-state index contributed by atoms with van der Waals surface area (Å²) in [6, 6.07) is 67.2. The number of furan rings is 1. The van der Waals surface area contributed by atoms with Crippen LogP contribution in [0.2, 0.25) is 0 Å². The number of nitrogens with zero attached hydrogens (tertiary/aromatic N) is 2. The van der Waals surface area contributed by atoms with Crippen LogP contribution in [0, 0.1) is 0 Å². The Balaban J connectivity index is 1.13. The van der Waals surface area contributed by atoms with E-state index < -0.39 is 0 Å². The first-order valence-corrected chi connectivity index (χ1v) is 19.6. The topological polar surface area (TPSA) is 59.1 Å².